The van der Waals surface area contributed by atoms with Gasteiger partial charge in [-0.15, -0.1) is 5.10 Å². The minimum atomic E-state index is -0.0301. The number of likely N-dealkylation sites (tertiary alicyclic amines) is 1. The van der Waals surface area contributed by atoms with Crippen LogP contribution in [0.1, 0.15) is 49.5 Å². The molecule has 2 aromatic rings. The van der Waals surface area contributed by atoms with Gasteiger partial charge in [-0.05, 0) is 35.8 Å². The van der Waals surface area contributed by atoms with Gasteiger partial charge < -0.3 is 4.90 Å². The molecule has 1 aliphatic heterocycles. The second kappa shape index (κ2) is 6.75. The summed E-state index contributed by atoms with van der Waals surface area (Å²) in [6.45, 7) is 8.99. The number of carbonyl (C=O) groups is 1. The van der Waals surface area contributed by atoms with Crippen LogP contribution in [0.4, 0.5) is 0 Å². The maximum Gasteiger partial charge on any atom is 0.254 e. The molecule has 0 saturated carbocycles. The molecule has 1 fully saturated rings. The van der Waals surface area contributed by atoms with Crippen LogP contribution in [0.5, 0.6) is 0 Å². The van der Waals surface area contributed by atoms with Crippen molar-refractivity contribution in [1.82, 2.24) is 19.9 Å². The minimum absolute atomic E-state index is 0.0301. The molecule has 24 heavy (non-hydrogen) atoms. The molecule has 5 nitrogen and oxygen atoms in total. The number of aromatic nitrogens is 3. The van der Waals surface area contributed by atoms with Gasteiger partial charge in [0.05, 0.1) is 6.20 Å². The Bertz CT molecular complexity index is 680. The molecule has 0 aliphatic carbocycles. The number of carbonyl (C=O) groups excluding carboxylic acids is 1. The Balaban J connectivity index is 1.66. The van der Waals surface area contributed by atoms with Crippen molar-refractivity contribution in [1.29, 1.82) is 0 Å². The molecule has 1 amide bonds. The Kier molecular flexibility index (Phi) is 4.69. The highest BCUT2D eigenvalue weighted by Crippen LogP contribution is 2.28. The average Bonchev–Trinajstić information content (AvgIpc) is 3.07. The van der Waals surface area contributed by atoms with E-state index in [4.69, 9.17) is 0 Å². The van der Waals surface area contributed by atoms with Crippen LogP contribution in [-0.2, 0) is 12.0 Å². The number of amides is 1. The van der Waals surface area contributed by atoms with Crippen molar-refractivity contribution in [2.75, 3.05) is 13.1 Å². The Morgan fingerprint density at radius 3 is 2.54 bits per heavy atom. The van der Waals surface area contributed by atoms with Crippen LogP contribution >= 0.6 is 0 Å². The van der Waals surface area contributed by atoms with Crippen LogP contribution in [0.25, 0.3) is 0 Å². The largest absolute Gasteiger partial charge is 0.339 e. The Hall–Kier alpha value is -2.17. The molecule has 0 N–H and O–H groups in total. The van der Waals surface area contributed by atoms with Gasteiger partial charge in [-0.1, -0.05) is 44.2 Å². The number of benzene rings is 1. The Morgan fingerprint density at radius 2 is 1.92 bits per heavy atom. The van der Waals surface area contributed by atoms with E-state index in [2.05, 4.69) is 37.1 Å². The van der Waals surface area contributed by atoms with Crippen molar-refractivity contribution in [3.05, 3.63) is 47.8 Å². The SMILES string of the molecule is CC(C)(C)c1ccccc1C(=O)N1CCC(Cn2ccnn2)CC1. The minimum Gasteiger partial charge on any atom is -0.339 e. The van der Waals surface area contributed by atoms with E-state index in [9.17, 15) is 4.79 Å². The molecule has 0 atom stereocenters. The van der Waals surface area contributed by atoms with E-state index in [1.54, 1.807) is 6.20 Å². The van der Waals surface area contributed by atoms with Crippen molar-refractivity contribution in [2.24, 2.45) is 5.92 Å². The van der Waals surface area contributed by atoms with E-state index < -0.39 is 0 Å². The number of hydrogen-bond acceptors (Lipinski definition) is 3. The van der Waals surface area contributed by atoms with E-state index >= 15 is 0 Å². The molecular weight excluding hydrogens is 300 g/mol. The summed E-state index contributed by atoms with van der Waals surface area (Å²) in [6, 6.07) is 8.01. The van der Waals surface area contributed by atoms with Crippen molar-refractivity contribution in [3.8, 4) is 0 Å². The van der Waals surface area contributed by atoms with Crippen LogP contribution in [0, 0.1) is 5.92 Å². The molecule has 1 aliphatic rings. The second-order valence-corrected chi connectivity index (χ2v) is 7.66. The summed E-state index contributed by atoms with van der Waals surface area (Å²) < 4.78 is 1.89. The molecule has 1 aromatic carbocycles. The molecule has 0 unspecified atom stereocenters. The smallest absolute Gasteiger partial charge is 0.254 e. The zero-order valence-electron chi connectivity index (χ0n) is 14.8. The van der Waals surface area contributed by atoms with Crippen molar-refractivity contribution >= 4 is 5.91 Å². The standard InChI is InChI=1S/C19H26N4O/c1-19(2,3)17-7-5-4-6-16(17)18(24)22-11-8-15(9-12-22)14-23-13-10-20-21-23/h4-7,10,13,15H,8-9,11-12,14H2,1-3H3. The molecular formula is C19H26N4O. The quantitative estimate of drug-likeness (QED) is 0.871. The van der Waals surface area contributed by atoms with E-state index in [0.29, 0.717) is 5.92 Å². The van der Waals surface area contributed by atoms with Gasteiger partial charge in [0.25, 0.3) is 5.91 Å². The molecule has 1 saturated heterocycles. The predicted octanol–water partition coefficient (Wildman–Crippen LogP) is 3.13. The lowest BCUT2D eigenvalue weighted by Crippen LogP contribution is -2.40. The molecule has 3 rings (SSSR count). The fraction of sp³-hybridized carbons (Fsp3) is 0.526. The van der Waals surface area contributed by atoms with Crippen molar-refractivity contribution < 1.29 is 4.79 Å². The van der Waals surface area contributed by atoms with Gasteiger partial charge in [0, 0.05) is 31.4 Å². The van der Waals surface area contributed by atoms with Crippen molar-refractivity contribution in [2.45, 2.75) is 45.6 Å². The molecule has 1 aromatic heterocycles. The highest BCUT2D eigenvalue weighted by atomic mass is 16.2. The molecule has 128 valence electrons. The van der Waals surface area contributed by atoms with Gasteiger partial charge in [-0.3, -0.25) is 9.48 Å². The zero-order valence-corrected chi connectivity index (χ0v) is 14.8. The Morgan fingerprint density at radius 1 is 1.21 bits per heavy atom. The van der Waals surface area contributed by atoms with E-state index in [1.165, 1.54) is 0 Å². The maximum atomic E-state index is 13.0. The monoisotopic (exact) mass is 326 g/mol. The highest BCUT2D eigenvalue weighted by molar-refractivity contribution is 5.96. The summed E-state index contributed by atoms with van der Waals surface area (Å²) in [5.74, 6) is 0.730. The summed E-state index contributed by atoms with van der Waals surface area (Å²) in [4.78, 5) is 15.0. The predicted molar refractivity (Wildman–Crippen MR) is 93.8 cm³/mol. The molecule has 0 bridgehead atoms. The van der Waals surface area contributed by atoms with Crippen LogP contribution in [0.2, 0.25) is 0 Å². The number of hydrogen-bond donors (Lipinski definition) is 0. The number of rotatable bonds is 3. The fourth-order valence-electron chi connectivity index (χ4n) is 3.41. The third-order valence-corrected chi connectivity index (χ3v) is 4.78. The fourth-order valence-corrected chi connectivity index (χ4v) is 3.41. The van der Waals surface area contributed by atoms with Crippen LogP contribution in [-0.4, -0.2) is 38.9 Å². The summed E-state index contributed by atoms with van der Waals surface area (Å²) >= 11 is 0. The first-order valence-corrected chi connectivity index (χ1v) is 8.68. The van der Waals surface area contributed by atoms with Crippen LogP contribution in [0.15, 0.2) is 36.7 Å². The highest BCUT2D eigenvalue weighted by Gasteiger charge is 2.27. The summed E-state index contributed by atoms with van der Waals surface area (Å²) in [5.41, 5.74) is 1.94. The van der Waals surface area contributed by atoms with Gasteiger partial charge in [-0.25, -0.2) is 0 Å². The third-order valence-electron chi connectivity index (χ3n) is 4.78. The normalized spacial score (nSPS) is 16.4. The topological polar surface area (TPSA) is 51.0 Å². The van der Waals surface area contributed by atoms with Gasteiger partial charge in [0.1, 0.15) is 0 Å². The van der Waals surface area contributed by atoms with E-state index in [0.717, 1.165) is 43.6 Å². The lowest BCUT2D eigenvalue weighted by atomic mass is 9.83. The molecule has 0 radical (unpaired) electrons. The zero-order chi connectivity index (χ0) is 17.2. The van der Waals surface area contributed by atoms with Gasteiger partial charge in [0.2, 0.25) is 0 Å². The first kappa shape index (κ1) is 16.7. The lowest BCUT2D eigenvalue weighted by molar-refractivity contribution is 0.0678. The first-order valence-electron chi connectivity index (χ1n) is 8.68. The van der Waals surface area contributed by atoms with Gasteiger partial charge >= 0.3 is 0 Å². The van der Waals surface area contributed by atoms with E-state index in [1.807, 2.05) is 34.0 Å². The van der Waals surface area contributed by atoms with Gasteiger partial charge in [0.15, 0.2) is 0 Å². The number of piperidine rings is 1. The summed E-state index contributed by atoms with van der Waals surface area (Å²) in [6.07, 6.45) is 5.64. The van der Waals surface area contributed by atoms with Crippen LogP contribution < -0.4 is 0 Å². The van der Waals surface area contributed by atoms with Gasteiger partial charge in [-0.2, -0.15) is 0 Å². The molecule has 2 heterocycles. The first-order chi connectivity index (χ1) is 11.4. The second-order valence-electron chi connectivity index (χ2n) is 7.66. The number of nitrogens with zero attached hydrogens (tertiary/aromatic N) is 4. The lowest BCUT2D eigenvalue weighted by Gasteiger charge is -2.33. The average molecular weight is 326 g/mol. The molecule has 5 heteroatoms. The Labute approximate surface area is 143 Å². The molecule has 0 spiro atoms. The maximum absolute atomic E-state index is 13.0. The summed E-state index contributed by atoms with van der Waals surface area (Å²) in [5, 5.41) is 7.89. The van der Waals surface area contributed by atoms with Crippen LogP contribution in [0.3, 0.4) is 0 Å². The summed E-state index contributed by atoms with van der Waals surface area (Å²) in [7, 11) is 0. The third kappa shape index (κ3) is 3.66. The van der Waals surface area contributed by atoms with E-state index in [-0.39, 0.29) is 11.3 Å². The van der Waals surface area contributed by atoms with Crippen molar-refractivity contribution in [3.63, 3.8) is 0 Å².